The molecule has 3 atom stereocenters. The molecule has 3 saturated carbocycles. The Labute approximate surface area is 182 Å². The standard InChI is InChI=1S/C26H38N2S/c1-3-7-19-14-15-26(21-8-5-4-6-9-21)17-20(19)16-25(2,18-26)24(29)28-23-12-10-22(27)11-13-23/h4-9,20,22-23H,3,10-18,27H2,1-2H3,(H,28,29)/b19-7+/t20?,22-,23-,25?,26?. The van der Waals surface area contributed by atoms with Gasteiger partial charge in [-0.05, 0) is 81.1 Å². The van der Waals surface area contributed by atoms with E-state index >= 15 is 0 Å². The Kier molecular flexibility index (Phi) is 6.18. The number of allylic oxidation sites excluding steroid dienone is 2. The predicted octanol–water partition coefficient (Wildman–Crippen LogP) is 6.05. The topological polar surface area (TPSA) is 38.0 Å². The van der Waals surface area contributed by atoms with Crippen LogP contribution < -0.4 is 11.1 Å². The van der Waals surface area contributed by atoms with E-state index in [1.807, 2.05) is 0 Å². The summed E-state index contributed by atoms with van der Waals surface area (Å²) in [5.74, 6) is 0.669. The van der Waals surface area contributed by atoms with Crippen LogP contribution in [0, 0.1) is 11.3 Å². The van der Waals surface area contributed by atoms with Crippen LogP contribution in [0.1, 0.15) is 83.6 Å². The third-order valence-corrected chi connectivity index (χ3v) is 8.60. The van der Waals surface area contributed by atoms with E-state index in [9.17, 15) is 0 Å². The highest BCUT2D eigenvalue weighted by Crippen LogP contribution is 2.58. The van der Waals surface area contributed by atoms with Crippen molar-refractivity contribution in [3.05, 3.63) is 47.5 Å². The van der Waals surface area contributed by atoms with Gasteiger partial charge in [0, 0.05) is 17.5 Å². The minimum absolute atomic E-state index is 0.0703. The first kappa shape index (κ1) is 21.1. The van der Waals surface area contributed by atoms with Crippen LogP contribution in [0.2, 0.25) is 0 Å². The lowest BCUT2D eigenvalue weighted by Crippen LogP contribution is -2.53. The molecule has 2 bridgehead atoms. The minimum Gasteiger partial charge on any atom is -0.376 e. The number of hydrogen-bond donors (Lipinski definition) is 2. The van der Waals surface area contributed by atoms with Crippen LogP contribution in [0.5, 0.6) is 0 Å². The summed E-state index contributed by atoms with van der Waals surface area (Å²) in [7, 11) is 0. The lowest BCUT2D eigenvalue weighted by Gasteiger charge is -2.54. The second-order valence-electron chi connectivity index (χ2n) is 10.3. The van der Waals surface area contributed by atoms with Crippen molar-refractivity contribution in [1.29, 1.82) is 0 Å². The van der Waals surface area contributed by atoms with Crippen molar-refractivity contribution < 1.29 is 0 Å². The Morgan fingerprint density at radius 3 is 2.59 bits per heavy atom. The fraction of sp³-hybridized carbons (Fsp3) is 0.654. The Balaban J connectivity index is 1.59. The summed E-state index contributed by atoms with van der Waals surface area (Å²) in [5.41, 5.74) is 9.67. The molecular formula is C26H38N2S. The van der Waals surface area contributed by atoms with Gasteiger partial charge in [0.25, 0.3) is 0 Å². The molecule has 3 heteroatoms. The molecule has 3 fully saturated rings. The van der Waals surface area contributed by atoms with Gasteiger partial charge < -0.3 is 11.1 Å². The van der Waals surface area contributed by atoms with E-state index in [1.165, 1.54) is 37.7 Å². The van der Waals surface area contributed by atoms with E-state index in [2.05, 4.69) is 55.6 Å². The summed E-state index contributed by atoms with van der Waals surface area (Å²) in [6.45, 7) is 4.71. The molecule has 3 unspecified atom stereocenters. The van der Waals surface area contributed by atoms with Crippen LogP contribution >= 0.6 is 12.2 Å². The van der Waals surface area contributed by atoms with Crippen molar-refractivity contribution >= 4 is 17.2 Å². The molecule has 0 aliphatic heterocycles. The van der Waals surface area contributed by atoms with Crippen LogP contribution in [0.15, 0.2) is 42.0 Å². The molecule has 3 aliphatic carbocycles. The number of nitrogens with one attached hydrogen (secondary N) is 1. The van der Waals surface area contributed by atoms with Gasteiger partial charge in [-0.1, -0.05) is 68.0 Å². The van der Waals surface area contributed by atoms with Crippen molar-refractivity contribution in [2.45, 2.75) is 95.6 Å². The average Bonchev–Trinajstić information content (AvgIpc) is 2.72. The normalized spacial score (nSPS) is 38.6. The van der Waals surface area contributed by atoms with Crippen LogP contribution in [-0.2, 0) is 5.41 Å². The molecule has 1 aromatic carbocycles. The first-order valence-corrected chi connectivity index (χ1v) is 12.2. The molecule has 0 amide bonds. The maximum absolute atomic E-state index is 6.12. The SMILES string of the molecule is CC/C=C1\CCC2(c3ccccc3)CC1CC(C)(C(=S)N[C@H]1CC[C@H](N)CC1)C2. The second-order valence-corrected chi connectivity index (χ2v) is 10.7. The highest BCUT2D eigenvalue weighted by Gasteiger charge is 2.51. The molecule has 3 aliphatic rings. The fourth-order valence-corrected chi connectivity index (χ4v) is 6.82. The summed E-state index contributed by atoms with van der Waals surface area (Å²) >= 11 is 6.12. The third-order valence-electron chi connectivity index (χ3n) is 7.99. The smallest absolute Gasteiger partial charge is 0.0815 e. The van der Waals surface area contributed by atoms with Gasteiger partial charge in [0.05, 0.1) is 4.99 Å². The highest BCUT2D eigenvalue weighted by atomic mass is 32.1. The van der Waals surface area contributed by atoms with E-state index in [0.717, 1.165) is 37.1 Å². The Morgan fingerprint density at radius 2 is 1.90 bits per heavy atom. The summed E-state index contributed by atoms with van der Waals surface area (Å²) in [5, 5.41) is 3.81. The molecule has 1 aromatic rings. The van der Waals surface area contributed by atoms with Crippen LogP contribution in [0.25, 0.3) is 0 Å². The molecule has 2 nitrogen and oxygen atoms in total. The highest BCUT2D eigenvalue weighted by molar-refractivity contribution is 7.80. The zero-order valence-electron chi connectivity index (χ0n) is 18.3. The molecule has 3 N–H and O–H groups in total. The van der Waals surface area contributed by atoms with Gasteiger partial charge in [-0.2, -0.15) is 0 Å². The van der Waals surface area contributed by atoms with Gasteiger partial charge in [0.1, 0.15) is 0 Å². The maximum atomic E-state index is 6.12. The van der Waals surface area contributed by atoms with E-state index < -0.39 is 0 Å². The number of rotatable bonds is 4. The van der Waals surface area contributed by atoms with E-state index in [1.54, 1.807) is 5.57 Å². The van der Waals surface area contributed by atoms with Crippen molar-refractivity contribution in [3.63, 3.8) is 0 Å². The Morgan fingerprint density at radius 1 is 1.17 bits per heavy atom. The second kappa shape index (κ2) is 8.51. The van der Waals surface area contributed by atoms with Crippen molar-refractivity contribution in [2.75, 3.05) is 0 Å². The van der Waals surface area contributed by atoms with Gasteiger partial charge in [-0.25, -0.2) is 0 Å². The number of nitrogens with two attached hydrogens (primary N) is 1. The number of hydrogen-bond acceptors (Lipinski definition) is 2. The van der Waals surface area contributed by atoms with Gasteiger partial charge in [-0.15, -0.1) is 0 Å². The number of thiocarbonyl (C=S) groups is 1. The van der Waals surface area contributed by atoms with Gasteiger partial charge in [0.2, 0.25) is 0 Å². The summed E-state index contributed by atoms with van der Waals surface area (Å²) in [6.07, 6.45) is 14.4. The summed E-state index contributed by atoms with van der Waals surface area (Å²) in [6, 6.07) is 12.2. The largest absolute Gasteiger partial charge is 0.376 e. The van der Waals surface area contributed by atoms with Crippen LogP contribution in [0.4, 0.5) is 0 Å². The molecule has 0 heterocycles. The van der Waals surface area contributed by atoms with E-state index in [4.69, 9.17) is 18.0 Å². The third kappa shape index (κ3) is 4.32. The molecule has 4 rings (SSSR count). The molecule has 158 valence electrons. The molecule has 0 saturated heterocycles. The van der Waals surface area contributed by atoms with E-state index in [-0.39, 0.29) is 10.8 Å². The quantitative estimate of drug-likeness (QED) is 0.469. The molecule has 29 heavy (non-hydrogen) atoms. The summed E-state index contributed by atoms with van der Waals surface area (Å²) < 4.78 is 0. The fourth-order valence-electron chi connectivity index (χ4n) is 6.50. The van der Waals surface area contributed by atoms with Gasteiger partial charge >= 0.3 is 0 Å². The average molecular weight is 411 g/mol. The first-order chi connectivity index (χ1) is 13.9. The van der Waals surface area contributed by atoms with Crippen molar-refractivity contribution in [3.8, 4) is 0 Å². The van der Waals surface area contributed by atoms with Crippen LogP contribution in [-0.4, -0.2) is 17.1 Å². The number of benzene rings is 1. The Bertz CT molecular complexity index is 749. The number of fused-ring (bicyclic) bond motifs is 2. The monoisotopic (exact) mass is 410 g/mol. The van der Waals surface area contributed by atoms with E-state index in [0.29, 0.717) is 18.0 Å². The zero-order valence-corrected chi connectivity index (χ0v) is 19.1. The predicted molar refractivity (Wildman–Crippen MR) is 127 cm³/mol. The molecular weight excluding hydrogens is 372 g/mol. The van der Waals surface area contributed by atoms with Gasteiger partial charge in [-0.3, -0.25) is 0 Å². The molecule has 0 aromatic heterocycles. The van der Waals surface area contributed by atoms with Crippen molar-refractivity contribution in [2.24, 2.45) is 17.1 Å². The lowest BCUT2D eigenvalue weighted by molar-refractivity contribution is 0.113. The maximum Gasteiger partial charge on any atom is 0.0815 e. The first-order valence-electron chi connectivity index (χ1n) is 11.8. The van der Waals surface area contributed by atoms with Crippen LogP contribution in [0.3, 0.4) is 0 Å². The van der Waals surface area contributed by atoms with Gasteiger partial charge in [0.15, 0.2) is 0 Å². The summed E-state index contributed by atoms with van der Waals surface area (Å²) in [4.78, 5) is 1.11. The van der Waals surface area contributed by atoms with Crippen molar-refractivity contribution in [1.82, 2.24) is 5.32 Å². The minimum atomic E-state index is 0.0703. The zero-order chi connectivity index (χ0) is 20.5. The lowest BCUT2D eigenvalue weighted by atomic mass is 9.51. The molecule has 0 radical (unpaired) electrons. The Hall–Kier alpha value is -1.19. The molecule has 0 spiro atoms.